The fraction of sp³-hybridized carbons (Fsp3) is 0.273. The fourth-order valence-corrected chi connectivity index (χ4v) is 1.46. The molecule has 1 rings (SSSR count). The van der Waals surface area contributed by atoms with Crippen molar-refractivity contribution in [3.8, 4) is 11.5 Å². The quantitative estimate of drug-likeness (QED) is 0.362. The number of esters is 1. The van der Waals surface area contributed by atoms with Gasteiger partial charge in [-0.3, -0.25) is 10.2 Å². The third-order valence-electron chi connectivity index (χ3n) is 2.01. The topological polar surface area (TPSA) is 73.5 Å². The van der Waals surface area contributed by atoms with Crippen LogP contribution in [0.15, 0.2) is 12.1 Å². The molecule has 0 amide bonds. The number of hydrogen-bond donors (Lipinski definition) is 1. The van der Waals surface area contributed by atoms with E-state index in [-0.39, 0.29) is 62.3 Å². The van der Waals surface area contributed by atoms with E-state index in [2.05, 4.69) is 5.32 Å². The average molecular weight is 295 g/mol. The van der Waals surface area contributed by atoms with Crippen molar-refractivity contribution in [1.29, 1.82) is 5.41 Å². The number of rotatable bonds is 4. The van der Waals surface area contributed by atoms with Crippen LogP contribution in [0.5, 0.6) is 11.5 Å². The number of carbonyl (C=O) groups excluding carboxylic acids is 1. The van der Waals surface area contributed by atoms with Crippen molar-refractivity contribution in [3.63, 3.8) is 0 Å². The monoisotopic (exact) mass is 294 g/mol. The zero-order chi connectivity index (χ0) is 13.0. The normalized spacial score (nSPS) is 9.11. The van der Waals surface area contributed by atoms with Crippen molar-refractivity contribution in [2.24, 2.45) is 0 Å². The predicted octanol–water partition coefficient (Wildman–Crippen LogP) is -0.176. The van der Waals surface area contributed by atoms with Gasteiger partial charge in [-0.15, -0.1) is 12.7 Å². The molecule has 0 aromatic heterocycles. The van der Waals surface area contributed by atoms with Gasteiger partial charge in [-0.05, 0) is 12.1 Å². The smallest absolute Gasteiger partial charge is 0.686 e. The Bertz CT molecular complexity index is 466. The number of carbonyl (C=O) groups is 1. The molecule has 0 aliphatic heterocycles. The van der Waals surface area contributed by atoms with Crippen LogP contribution >= 0.6 is 11.6 Å². The van der Waals surface area contributed by atoms with Gasteiger partial charge in [-0.2, -0.15) is 0 Å². The maximum absolute atomic E-state index is 10.9. The minimum absolute atomic E-state index is 0. The first kappa shape index (κ1) is 17.9. The standard InChI is InChI=1S/C11H12ClN2O3.K/c1-6(15)17-10-4-7(11(12)13)8(14-2)5-9(10)16-3;/h4-5H,1-3H3,(H-,13,14);/q-1;+1. The Kier molecular flexibility index (Phi) is 8.09. The Morgan fingerprint density at radius 1 is 1.39 bits per heavy atom. The summed E-state index contributed by atoms with van der Waals surface area (Å²) in [6.45, 7) is 1.28. The Morgan fingerprint density at radius 3 is 2.39 bits per heavy atom. The molecule has 0 spiro atoms. The van der Waals surface area contributed by atoms with Crippen molar-refractivity contribution >= 4 is 28.4 Å². The van der Waals surface area contributed by atoms with E-state index in [1.165, 1.54) is 20.1 Å². The Balaban J connectivity index is 0.00000289. The third kappa shape index (κ3) is 4.53. The van der Waals surface area contributed by atoms with Crippen molar-refractivity contribution in [1.82, 2.24) is 0 Å². The minimum Gasteiger partial charge on any atom is -0.686 e. The van der Waals surface area contributed by atoms with Crippen molar-refractivity contribution in [2.75, 3.05) is 14.2 Å². The number of nitrogens with one attached hydrogen (secondary N) is 1. The summed E-state index contributed by atoms with van der Waals surface area (Å²) in [6.07, 6.45) is 0. The van der Waals surface area contributed by atoms with E-state index in [0.29, 0.717) is 17.0 Å². The van der Waals surface area contributed by atoms with Gasteiger partial charge in [0.15, 0.2) is 11.5 Å². The first-order chi connectivity index (χ1) is 7.99. The molecule has 0 saturated heterocycles. The second kappa shape index (κ2) is 8.14. The molecule has 0 saturated carbocycles. The SMILES string of the molecule is C[N-]c1cc(OC)c(OC(C)=O)cc1C(=N)Cl.[K+]. The molecule has 5 nitrogen and oxygen atoms in total. The summed E-state index contributed by atoms with van der Waals surface area (Å²) in [6, 6.07) is 3.02. The van der Waals surface area contributed by atoms with Gasteiger partial charge in [0, 0.05) is 12.5 Å². The zero-order valence-electron chi connectivity index (χ0n) is 10.7. The van der Waals surface area contributed by atoms with Gasteiger partial charge in [-0.1, -0.05) is 11.6 Å². The molecular formula is C11H12ClKN2O3. The summed E-state index contributed by atoms with van der Waals surface area (Å²) >= 11 is 5.63. The maximum atomic E-state index is 10.9. The molecule has 18 heavy (non-hydrogen) atoms. The molecule has 0 heterocycles. The molecule has 1 aromatic rings. The van der Waals surface area contributed by atoms with Crippen LogP contribution < -0.4 is 60.9 Å². The van der Waals surface area contributed by atoms with E-state index in [1.807, 2.05) is 0 Å². The summed E-state index contributed by atoms with van der Waals surface area (Å²) in [5, 5.41) is 11.2. The van der Waals surface area contributed by atoms with Gasteiger partial charge in [0.1, 0.15) is 5.17 Å². The first-order valence-corrected chi connectivity index (χ1v) is 5.12. The van der Waals surface area contributed by atoms with Crippen LogP contribution in [0.3, 0.4) is 0 Å². The van der Waals surface area contributed by atoms with E-state index in [1.54, 1.807) is 13.1 Å². The molecule has 1 aromatic carbocycles. The second-order valence-electron chi connectivity index (χ2n) is 3.15. The minimum atomic E-state index is -0.475. The van der Waals surface area contributed by atoms with Crippen LogP contribution in [0.1, 0.15) is 12.5 Å². The number of halogens is 1. The molecule has 0 bridgehead atoms. The van der Waals surface area contributed by atoms with E-state index in [9.17, 15) is 4.79 Å². The Labute approximate surface area is 153 Å². The predicted molar refractivity (Wildman–Crippen MR) is 65.9 cm³/mol. The van der Waals surface area contributed by atoms with Gasteiger partial charge >= 0.3 is 57.4 Å². The van der Waals surface area contributed by atoms with Crippen LogP contribution in [0, 0.1) is 5.41 Å². The average Bonchev–Trinajstić information content (AvgIpc) is 2.27. The van der Waals surface area contributed by atoms with Gasteiger partial charge in [0.05, 0.1) is 7.11 Å². The summed E-state index contributed by atoms with van der Waals surface area (Å²) < 4.78 is 10.0. The molecule has 0 fully saturated rings. The fourth-order valence-electron chi connectivity index (χ4n) is 1.30. The third-order valence-corrected chi connectivity index (χ3v) is 2.22. The van der Waals surface area contributed by atoms with Crippen LogP contribution in [-0.4, -0.2) is 25.3 Å². The van der Waals surface area contributed by atoms with Gasteiger partial charge in [-0.25, -0.2) is 0 Å². The van der Waals surface area contributed by atoms with Crippen molar-refractivity contribution < 1.29 is 65.7 Å². The van der Waals surface area contributed by atoms with Crippen LogP contribution in [0.25, 0.3) is 5.32 Å². The Morgan fingerprint density at radius 2 is 2.00 bits per heavy atom. The number of hydrogen-bond acceptors (Lipinski definition) is 4. The van der Waals surface area contributed by atoms with Crippen molar-refractivity contribution in [3.05, 3.63) is 23.0 Å². The molecule has 0 aliphatic carbocycles. The molecule has 0 aliphatic rings. The number of nitrogens with zero attached hydrogens (tertiary/aromatic N) is 1. The number of ether oxygens (including phenoxy) is 2. The van der Waals surface area contributed by atoms with Crippen molar-refractivity contribution in [2.45, 2.75) is 6.92 Å². The van der Waals surface area contributed by atoms with Crippen LogP contribution in [0.4, 0.5) is 5.69 Å². The zero-order valence-corrected chi connectivity index (χ0v) is 14.6. The number of methoxy groups -OCH3 is 1. The summed E-state index contributed by atoms with van der Waals surface area (Å²) in [7, 11) is 3.02. The molecule has 7 heteroatoms. The van der Waals surface area contributed by atoms with E-state index >= 15 is 0 Å². The second-order valence-corrected chi connectivity index (χ2v) is 3.53. The molecule has 1 N–H and O–H groups in total. The largest absolute Gasteiger partial charge is 1.00 e. The van der Waals surface area contributed by atoms with E-state index < -0.39 is 5.97 Å². The number of benzene rings is 1. The summed E-state index contributed by atoms with van der Waals surface area (Å²) in [5.74, 6) is 0.104. The van der Waals surface area contributed by atoms with E-state index in [4.69, 9.17) is 26.5 Å². The molecule has 0 radical (unpaired) electrons. The van der Waals surface area contributed by atoms with Gasteiger partial charge < -0.3 is 14.8 Å². The summed E-state index contributed by atoms with van der Waals surface area (Å²) in [5.41, 5.74) is 0.879. The Hall–Kier alpha value is -0.114. The van der Waals surface area contributed by atoms with Crippen LogP contribution in [0.2, 0.25) is 0 Å². The van der Waals surface area contributed by atoms with Gasteiger partial charge in [0.2, 0.25) is 0 Å². The molecule has 0 unspecified atom stereocenters. The molecule has 92 valence electrons. The molecule has 0 atom stereocenters. The maximum Gasteiger partial charge on any atom is 1.00 e. The molecular weight excluding hydrogens is 283 g/mol. The van der Waals surface area contributed by atoms with Gasteiger partial charge in [0.25, 0.3) is 0 Å². The van der Waals surface area contributed by atoms with Crippen LogP contribution in [-0.2, 0) is 4.79 Å². The summed E-state index contributed by atoms with van der Waals surface area (Å²) in [4.78, 5) is 10.9. The first-order valence-electron chi connectivity index (χ1n) is 4.74. The van der Waals surface area contributed by atoms with E-state index in [0.717, 1.165) is 0 Å².